The molecule has 1 saturated heterocycles. The van der Waals surface area contributed by atoms with Crippen molar-refractivity contribution in [2.24, 2.45) is 0 Å². The number of nitrogens with zero attached hydrogens (tertiary/aromatic N) is 1. The van der Waals surface area contributed by atoms with Crippen LogP contribution in [0.4, 0.5) is 0 Å². The molecule has 0 saturated carbocycles. The number of methoxy groups -OCH3 is 3. The van der Waals surface area contributed by atoms with Crippen LogP contribution < -0.4 is 23.7 Å². The van der Waals surface area contributed by atoms with Gasteiger partial charge in [-0.25, -0.2) is 0 Å². The van der Waals surface area contributed by atoms with E-state index in [1.807, 2.05) is 24.3 Å². The molecule has 0 unspecified atom stereocenters. The fourth-order valence-electron chi connectivity index (χ4n) is 4.79. The van der Waals surface area contributed by atoms with Crippen LogP contribution >= 0.6 is 0 Å². The van der Waals surface area contributed by atoms with Crippen molar-refractivity contribution in [2.45, 2.75) is 31.0 Å². The van der Waals surface area contributed by atoms with Gasteiger partial charge in [0.15, 0.2) is 23.0 Å². The highest BCUT2D eigenvalue weighted by Crippen LogP contribution is 2.52. The maximum Gasteiger partial charge on any atom is 0.231 e. The lowest BCUT2D eigenvalue weighted by atomic mass is 9.83. The molecule has 2 aromatic carbocycles. The Kier molecular flexibility index (Phi) is 4.39. The van der Waals surface area contributed by atoms with Crippen molar-refractivity contribution in [1.29, 1.82) is 0 Å². The molecule has 1 amide bonds. The maximum atomic E-state index is 12.9. The van der Waals surface area contributed by atoms with Crippen molar-refractivity contribution in [1.82, 2.24) is 4.90 Å². The molecule has 3 aliphatic rings. The normalized spacial score (nSPS) is 23.8. The zero-order valence-electron chi connectivity index (χ0n) is 17.0. The molecule has 2 aromatic rings. The number of hydrogen-bond acceptors (Lipinski definition) is 7. The number of rotatable bonds is 4. The van der Waals surface area contributed by atoms with E-state index in [9.17, 15) is 9.90 Å². The molecule has 0 aromatic heterocycles. The molecule has 1 N–H and O–H groups in total. The van der Waals surface area contributed by atoms with Crippen LogP contribution in [-0.4, -0.2) is 50.1 Å². The molecule has 8 heteroatoms. The van der Waals surface area contributed by atoms with Gasteiger partial charge in [0.25, 0.3) is 0 Å². The van der Waals surface area contributed by atoms with Gasteiger partial charge in [-0.2, -0.15) is 0 Å². The SMILES string of the molecule is COc1cc([C@@H]2c3cc4c(cc3[C@H](O)[C@H]3CCC(=O)N23)OCO4)cc(OC)c1OC. The van der Waals surface area contributed by atoms with E-state index in [4.69, 9.17) is 23.7 Å². The first-order chi connectivity index (χ1) is 14.6. The highest BCUT2D eigenvalue weighted by molar-refractivity contribution is 5.81. The Balaban J connectivity index is 1.74. The minimum absolute atomic E-state index is 0.00104. The van der Waals surface area contributed by atoms with E-state index in [0.29, 0.717) is 41.6 Å². The lowest BCUT2D eigenvalue weighted by molar-refractivity contribution is -0.133. The molecule has 5 rings (SSSR count). The van der Waals surface area contributed by atoms with Gasteiger partial charge in [-0.1, -0.05) is 0 Å². The van der Waals surface area contributed by atoms with Gasteiger partial charge in [0, 0.05) is 6.42 Å². The quantitative estimate of drug-likeness (QED) is 0.824. The number of fused-ring (bicyclic) bond motifs is 3. The predicted molar refractivity (Wildman–Crippen MR) is 105 cm³/mol. The van der Waals surface area contributed by atoms with Gasteiger partial charge in [-0.15, -0.1) is 0 Å². The average Bonchev–Trinajstić information content (AvgIpc) is 3.38. The van der Waals surface area contributed by atoms with Gasteiger partial charge in [0.2, 0.25) is 18.4 Å². The smallest absolute Gasteiger partial charge is 0.231 e. The third-order valence-electron chi connectivity index (χ3n) is 6.14. The fourth-order valence-corrected chi connectivity index (χ4v) is 4.79. The van der Waals surface area contributed by atoms with Crippen LogP contribution in [0.3, 0.4) is 0 Å². The number of ether oxygens (including phenoxy) is 5. The van der Waals surface area contributed by atoms with Gasteiger partial charge in [0.1, 0.15) is 0 Å². The minimum atomic E-state index is -0.792. The summed E-state index contributed by atoms with van der Waals surface area (Å²) in [7, 11) is 4.66. The van der Waals surface area contributed by atoms with Crippen LogP contribution in [-0.2, 0) is 4.79 Å². The molecule has 0 bridgehead atoms. The van der Waals surface area contributed by atoms with Crippen molar-refractivity contribution in [2.75, 3.05) is 28.1 Å². The number of carbonyl (C=O) groups is 1. The largest absolute Gasteiger partial charge is 0.493 e. The van der Waals surface area contributed by atoms with Crippen molar-refractivity contribution < 1.29 is 33.6 Å². The topological polar surface area (TPSA) is 86.7 Å². The molecular formula is C22H23NO7. The molecule has 8 nitrogen and oxygen atoms in total. The Morgan fingerprint density at radius 3 is 2.20 bits per heavy atom. The summed E-state index contributed by atoms with van der Waals surface area (Å²) in [6.45, 7) is 0.134. The Morgan fingerprint density at radius 1 is 0.967 bits per heavy atom. The summed E-state index contributed by atoms with van der Waals surface area (Å²) in [5, 5.41) is 11.1. The van der Waals surface area contributed by atoms with Gasteiger partial charge in [-0.05, 0) is 47.4 Å². The van der Waals surface area contributed by atoms with E-state index in [1.165, 1.54) is 0 Å². The van der Waals surface area contributed by atoms with Crippen LogP contribution in [0.2, 0.25) is 0 Å². The van der Waals surface area contributed by atoms with Crippen molar-refractivity contribution >= 4 is 5.91 Å². The third kappa shape index (κ3) is 2.60. The van der Waals surface area contributed by atoms with E-state index < -0.39 is 12.1 Å². The highest BCUT2D eigenvalue weighted by Gasteiger charge is 2.47. The number of carbonyl (C=O) groups excluding carboxylic acids is 1. The minimum Gasteiger partial charge on any atom is -0.493 e. The van der Waals surface area contributed by atoms with E-state index in [1.54, 1.807) is 26.2 Å². The molecule has 0 radical (unpaired) electrons. The van der Waals surface area contributed by atoms with Gasteiger partial charge < -0.3 is 33.7 Å². The Bertz CT molecular complexity index is 996. The summed E-state index contributed by atoms with van der Waals surface area (Å²) in [4.78, 5) is 14.7. The molecular weight excluding hydrogens is 390 g/mol. The maximum absolute atomic E-state index is 12.9. The average molecular weight is 413 g/mol. The van der Waals surface area contributed by atoms with Crippen molar-refractivity contribution in [3.8, 4) is 28.7 Å². The van der Waals surface area contributed by atoms with E-state index in [0.717, 1.165) is 16.7 Å². The fraction of sp³-hybridized carbons (Fsp3) is 0.409. The highest BCUT2D eigenvalue weighted by atomic mass is 16.7. The van der Waals surface area contributed by atoms with Crippen LogP contribution in [0.1, 0.15) is 41.7 Å². The standard InChI is InChI=1S/C22H23NO7/c1-26-17-6-11(7-18(27-2)22(17)28-3)20-12-8-15-16(30-10-29-15)9-13(12)21(25)14-4-5-19(24)23(14)20/h6-9,14,20-21,25H,4-5,10H2,1-3H3/t14-,20-,21+/m1/s1. The molecule has 30 heavy (non-hydrogen) atoms. The summed E-state index contributed by atoms with van der Waals surface area (Å²) < 4.78 is 27.6. The molecule has 158 valence electrons. The van der Waals surface area contributed by atoms with Gasteiger partial charge >= 0.3 is 0 Å². The van der Waals surface area contributed by atoms with Crippen LogP contribution in [0.25, 0.3) is 0 Å². The molecule has 3 atom stereocenters. The Labute approximate surface area is 173 Å². The third-order valence-corrected chi connectivity index (χ3v) is 6.14. The lowest BCUT2D eigenvalue weighted by Gasteiger charge is -2.42. The van der Waals surface area contributed by atoms with Crippen molar-refractivity contribution in [3.05, 3.63) is 41.0 Å². The number of aliphatic hydroxyl groups is 1. The zero-order chi connectivity index (χ0) is 21.0. The van der Waals surface area contributed by atoms with Crippen LogP contribution in [0.5, 0.6) is 28.7 Å². The Hall–Kier alpha value is -3.13. The predicted octanol–water partition coefficient (Wildman–Crippen LogP) is 2.57. The Morgan fingerprint density at radius 2 is 1.60 bits per heavy atom. The van der Waals surface area contributed by atoms with Gasteiger partial charge in [0.05, 0.1) is 39.5 Å². The molecule has 0 spiro atoms. The monoisotopic (exact) mass is 413 g/mol. The second kappa shape index (κ2) is 6.98. The number of amides is 1. The summed E-state index contributed by atoms with van der Waals surface area (Å²) in [6, 6.07) is 6.65. The zero-order valence-corrected chi connectivity index (χ0v) is 17.0. The van der Waals surface area contributed by atoms with Gasteiger partial charge in [-0.3, -0.25) is 4.79 Å². The van der Waals surface area contributed by atoms with Crippen molar-refractivity contribution in [3.63, 3.8) is 0 Å². The number of hydrogen-bond donors (Lipinski definition) is 1. The summed E-state index contributed by atoms with van der Waals surface area (Å²) >= 11 is 0. The number of aliphatic hydroxyl groups excluding tert-OH is 1. The first-order valence-electron chi connectivity index (χ1n) is 9.80. The lowest BCUT2D eigenvalue weighted by Crippen LogP contribution is -2.44. The molecule has 3 aliphatic heterocycles. The van der Waals surface area contributed by atoms with E-state index >= 15 is 0 Å². The number of benzene rings is 2. The van der Waals surface area contributed by atoms with Crippen LogP contribution in [0.15, 0.2) is 24.3 Å². The van der Waals surface area contributed by atoms with E-state index in [2.05, 4.69) is 0 Å². The molecule has 1 fully saturated rings. The molecule has 0 aliphatic carbocycles. The first kappa shape index (κ1) is 18.9. The second-order valence-electron chi connectivity index (χ2n) is 7.55. The molecule has 3 heterocycles. The second-order valence-corrected chi connectivity index (χ2v) is 7.55. The summed E-state index contributed by atoms with van der Waals surface area (Å²) in [6.07, 6.45) is 0.192. The first-order valence-corrected chi connectivity index (χ1v) is 9.80. The summed E-state index contributed by atoms with van der Waals surface area (Å²) in [5.41, 5.74) is 2.35. The van der Waals surface area contributed by atoms with E-state index in [-0.39, 0.29) is 18.7 Å². The summed E-state index contributed by atoms with van der Waals surface area (Å²) in [5.74, 6) is 2.69. The van der Waals surface area contributed by atoms with Crippen LogP contribution in [0, 0.1) is 0 Å².